The SMILES string of the molecule is Cc1cc(SCC2(C(=O)O)CS[C@@H]3C(N)C(=O)N3C2)n2ncc(C(=O)O)c2n1. The minimum absolute atomic E-state index is 0.0188. The van der Waals surface area contributed by atoms with E-state index in [1.54, 1.807) is 13.0 Å². The predicted octanol–water partition coefficient (Wildman–Crippen LogP) is 0.141. The summed E-state index contributed by atoms with van der Waals surface area (Å²) in [6.07, 6.45) is 1.22. The molecule has 10 nitrogen and oxygen atoms in total. The van der Waals surface area contributed by atoms with Crippen LogP contribution in [0.4, 0.5) is 0 Å². The number of aliphatic carboxylic acids is 1. The van der Waals surface area contributed by atoms with Gasteiger partial charge in [-0.2, -0.15) is 5.10 Å². The van der Waals surface area contributed by atoms with Crippen LogP contribution in [0.5, 0.6) is 0 Å². The Labute approximate surface area is 167 Å². The molecule has 4 N–H and O–H groups in total. The molecule has 2 aromatic rings. The third-order valence-electron chi connectivity index (χ3n) is 4.93. The first-order valence-corrected chi connectivity index (χ1v) is 10.4. The van der Waals surface area contributed by atoms with E-state index in [1.807, 2.05) is 0 Å². The van der Waals surface area contributed by atoms with Crippen LogP contribution in [0.15, 0.2) is 17.3 Å². The van der Waals surface area contributed by atoms with Gasteiger partial charge in [-0.25, -0.2) is 14.3 Å². The van der Waals surface area contributed by atoms with E-state index < -0.39 is 23.4 Å². The number of amides is 1. The summed E-state index contributed by atoms with van der Waals surface area (Å²) >= 11 is 2.64. The smallest absolute Gasteiger partial charge is 0.341 e. The minimum Gasteiger partial charge on any atom is -0.481 e. The fourth-order valence-electron chi connectivity index (χ4n) is 3.32. The molecule has 4 heterocycles. The standard InChI is InChI=1S/C16H17N5O5S2/c1-7-2-9(21-11(19-7)8(3-18-21)14(23)24)27-5-16(15(25)26)4-20-12(22)10(17)13(20)28-6-16/h2-3,10,13H,4-6,17H2,1H3,(H,23,24)(H,25,26)/t10?,13-,16?/m1/s1. The van der Waals surface area contributed by atoms with Gasteiger partial charge in [0.1, 0.15) is 27.4 Å². The van der Waals surface area contributed by atoms with Gasteiger partial charge in [-0.3, -0.25) is 9.59 Å². The molecule has 28 heavy (non-hydrogen) atoms. The first-order valence-electron chi connectivity index (χ1n) is 8.36. The van der Waals surface area contributed by atoms with Crippen molar-refractivity contribution >= 4 is 47.0 Å². The lowest BCUT2D eigenvalue weighted by Crippen LogP contribution is -2.72. The van der Waals surface area contributed by atoms with E-state index in [0.29, 0.717) is 16.5 Å². The Morgan fingerprint density at radius 1 is 1.46 bits per heavy atom. The van der Waals surface area contributed by atoms with Crippen molar-refractivity contribution in [3.63, 3.8) is 0 Å². The van der Waals surface area contributed by atoms with Crippen LogP contribution in [-0.2, 0) is 9.59 Å². The van der Waals surface area contributed by atoms with Crippen molar-refractivity contribution in [3.8, 4) is 0 Å². The molecule has 2 unspecified atom stereocenters. The Morgan fingerprint density at radius 2 is 2.21 bits per heavy atom. The number of aryl methyl sites for hydroxylation is 1. The highest BCUT2D eigenvalue weighted by atomic mass is 32.2. The molecule has 2 fully saturated rings. The predicted molar refractivity (Wildman–Crippen MR) is 101 cm³/mol. The van der Waals surface area contributed by atoms with Gasteiger partial charge < -0.3 is 20.8 Å². The van der Waals surface area contributed by atoms with Crippen molar-refractivity contribution in [2.45, 2.75) is 23.4 Å². The highest BCUT2D eigenvalue weighted by molar-refractivity contribution is 8.00. The number of fused-ring (bicyclic) bond motifs is 2. The molecule has 1 amide bonds. The topological polar surface area (TPSA) is 151 Å². The van der Waals surface area contributed by atoms with Crippen molar-refractivity contribution in [3.05, 3.63) is 23.5 Å². The van der Waals surface area contributed by atoms with Crippen LogP contribution in [0.3, 0.4) is 0 Å². The second kappa shape index (κ2) is 6.64. The fraction of sp³-hybridized carbons (Fsp3) is 0.438. The maximum atomic E-state index is 12.1. The first-order chi connectivity index (χ1) is 13.2. The van der Waals surface area contributed by atoms with Gasteiger partial charge in [-0.05, 0) is 13.0 Å². The lowest BCUT2D eigenvalue weighted by atomic mass is 9.89. The van der Waals surface area contributed by atoms with Gasteiger partial charge in [0.25, 0.3) is 0 Å². The van der Waals surface area contributed by atoms with Crippen molar-refractivity contribution in [1.82, 2.24) is 19.5 Å². The van der Waals surface area contributed by atoms with Crippen LogP contribution in [0.1, 0.15) is 16.1 Å². The summed E-state index contributed by atoms with van der Waals surface area (Å²) in [5.41, 5.74) is 5.44. The molecule has 0 bridgehead atoms. The number of aromatic nitrogens is 3. The quantitative estimate of drug-likeness (QED) is 0.344. The molecule has 3 atom stereocenters. The summed E-state index contributed by atoms with van der Waals surface area (Å²) in [6, 6.07) is 1.17. The zero-order valence-electron chi connectivity index (χ0n) is 14.7. The Hall–Kier alpha value is -2.31. The number of hydrogen-bond acceptors (Lipinski definition) is 8. The van der Waals surface area contributed by atoms with E-state index in [9.17, 15) is 24.6 Å². The van der Waals surface area contributed by atoms with E-state index in [1.165, 1.54) is 39.1 Å². The Kier molecular flexibility index (Phi) is 4.51. The normalized spacial score (nSPS) is 26.8. The van der Waals surface area contributed by atoms with Crippen molar-refractivity contribution in [2.24, 2.45) is 11.1 Å². The molecule has 2 saturated heterocycles. The number of nitrogens with zero attached hydrogens (tertiary/aromatic N) is 4. The van der Waals surface area contributed by atoms with Gasteiger partial charge >= 0.3 is 11.9 Å². The number of hydrogen-bond donors (Lipinski definition) is 3. The van der Waals surface area contributed by atoms with Crippen LogP contribution in [-0.4, -0.2) is 77.0 Å². The van der Waals surface area contributed by atoms with Crippen LogP contribution in [0, 0.1) is 12.3 Å². The number of thioether (sulfide) groups is 2. The molecule has 12 heteroatoms. The first kappa shape index (κ1) is 19.0. The molecule has 0 radical (unpaired) electrons. The van der Waals surface area contributed by atoms with Crippen LogP contribution in [0.2, 0.25) is 0 Å². The van der Waals surface area contributed by atoms with Gasteiger partial charge in [0.05, 0.1) is 6.20 Å². The summed E-state index contributed by atoms with van der Waals surface area (Å²) in [7, 11) is 0. The van der Waals surface area contributed by atoms with E-state index in [2.05, 4.69) is 10.1 Å². The monoisotopic (exact) mass is 423 g/mol. The Morgan fingerprint density at radius 3 is 2.89 bits per heavy atom. The summed E-state index contributed by atoms with van der Waals surface area (Å²) < 4.78 is 1.40. The fourth-order valence-corrected chi connectivity index (χ4v) is 6.19. The zero-order chi connectivity index (χ0) is 20.2. The zero-order valence-corrected chi connectivity index (χ0v) is 16.4. The van der Waals surface area contributed by atoms with E-state index in [4.69, 9.17) is 5.73 Å². The number of β-lactam (4-membered cyclic amide) rings is 1. The molecule has 148 valence electrons. The number of carboxylic acids is 2. The van der Waals surface area contributed by atoms with Crippen molar-refractivity contribution in [1.29, 1.82) is 0 Å². The van der Waals surface area contributed by atoms with E-state index >= 15 is 0 Å². The molecule has 4 rings (SSSR count). The molecule has 2 aliphatic heterocycles. The van der Waals surface area contributed by atoms with Crippen LogP contribution < -0.4 is 5.73 Å². The number of rotatable bonds is 5. The minimum atomic E-state index is -1.13. The van der Waals surface area contributed by atoms with Crippen LogP contribution in [0.25, 0.3) is 5.65 Å². The summed E-state index contributed by atoms with van der Waals surface area (Å²) in [4.78, 5) is 41.2. The van der Waals surface area contributed by atoms with Crippen molar-refractivity contribution in [2.75, 3.05) is 18.1 Å². The molecule has 2 aromatic heterocycles. The molecule has 0 aliphatic carbocycles. The van der Waals surface area contributed by atoms with E-state index in [-0.39, 0.29) is 34.8 Å². The number of aromatic carboxylic acids is 1. The molecule has 0 aromatic carbocycles. The number of carbonyl (C=O) groups is 3. The Balaban J connectivity index is 1.61. The lowest BCUT2D eigenvalue weighted by Gasteiger charge is -2.52. The maximum Gasteiger partial charge on any atom is 0.341 e. The summed E-state index contributed by atoms with van der Waals surface area (Å²) in [5.74, 6) is -1.80. The lowest BCUT2D eigenvalue weighted by molar-refractivity contribution is -0.155. The third-order valence-corrected chi connectivity index (χ3v) is 7.83. The second-order valence-corrected chi connectivity index (χ2v) is 9.00. The van der Waals surface area contributed by atoms with Gasteiger partial charge in [0.2, 0.25) is 5.91 Å². The highest BCUT2D eigenvalue weighted by Gasteiger charge is 2.55. The van der Waals surface area contributed by atoms with E-state index in [0.717, 1.165) is 0 Å². The highest BCUT2D eigenvalue weighted by Crippen LogP contribution is 2.43. The molecule has 0 spiro atoms. The second-order valence-electron chi connectivity index (χ2n) is 6.90. The number of carbonyl (C=O) groups excluding carboxylic acids is 1. The average Bonchev–Trinajstić information content (AvgIpc) is 3.09. The number of carboxylic acid groups (broad SMARTS) is 2. The number of nitrogens with two attached hydrogens (primary N) is 1. The molecule has 2 aliphatic rings. The summed E-state index contributed by atoms with van der Waals surface area (Å²) in [6.45, 7) is 1.84. The third kappa shape index (κ3) is 2.83. The molecular formula is C16H17N5O5S2. The van der Waals surface area contributed by atoms with Gasteiger partial charge in [-0.15, -0.1) is 23.5 Å². The van der Waals surface area contributed by atoms with Gasteiger partial charge in [-0.1, -0.05) is 0 Å². The van der Waals surface area contributed by atoms with Crippen LogP contribution >= 0.6 is 23.5 Å². The maximum absolute atomic E-state index is 12.1. The molecular weight excluding hydrogens is 406 g/mol. The Bertz CT molecular complexity index is 1010. The van der Waals surface area contributed by atoms with Gasteiger partial charge in [0.15, 0.2) is 5.65 Å². The largest absolute Gasteiger partial charge is 0.481 e. The summed E-state index contributed by atoms with van der Waals surface area (Å²) in [5, 5.41) is 23.7. The van der Waals surface area contributed by atoms with Gasteiger partial charge in [0, 0.05) is 23.7 Å². The van der Waals surface area contributed by atoms with Crippen molar-refractivity contribution < 1.29 is 24.6 Å². The molecule has 0 saturated carbocycles. The average molecular weight is 423 g/mol.